The second-order valence-corrected chi connectivity index (χ2v) is 7.64. The van der Waals surface area contributed by atoms with Crippen LogP contribution < -0.4 is 15.0 Å². The number of barbiturate groups is 1. The molecule has 4 rings (SSSR count). The monoisotopic (exact) mass is 407 g/mol. The van der Waals surface area contributed by atoms with Crippen molar-refractivity contribution in [2.45, 2.75) is 25.9 Å². The third-order valence-corrected chi connectivity index (χ3v) is 4.80. The summed E-state index contributed by atoms with van der Waals surface area (Å²) < 4.78 is 5.83. The van der Waals surface area contributed by atoms with E-state index < -0.39 is 22.8 Å². The molecule has 0 aromatic heterocycles. The van der Waals surface area contributed by atoms with Gasteiger partial charge in [-0.3, -0.25) is 25.0 Å². The average molecular weight is 407 g/mol. The molecule has 2 aliphatic rings. The molecule has 9 nitrogen and oxygen atoms in total. The van der Waals surface area contributed by atoms with Gasteiger partial charge in [-0.1, -0.05) is 12.1 Å². The topological polar surface area (TPSA) is 119 Å². The van der Waals surface area contributed by atoms with Gasteiger partial charge in [0.1, 0.15) is 16.9 Å². The van der Waals surface area contributed by atoms with Crippen molar-refractivity contribution >= 4 is 35.3 Å². The van der Waals surface area contributed by atoms with E-state index in [1.807, 2.05) is 19.9 Å². The lowest BCUT2D eigenvalue weighted by molar-refractivity contribution is -0.384. The number of nitro benzene ring substituents is 1. The lowest BCUT2D eigenvalue weighted by Crippen LogP contribution is -2.54. The molecule has 0 aliphatic carbocycles. The molecule has 2 heterocycles. The van der Waals surface area contributed by atoms with Crippen molar-refractivity contribution in [3.63, 3.8) is 0 Å². The molecule has 2 aromatic carbocycles. The molecular formula is C21H17N3O6. The Morgan fingerprint density at radius 1 is 1.17 bits per heavy atom. The van der Waals surface area contributed by atoms with E-state index in [9.17, 15) is 24.5 Å². The van der Waals surface area contributed by atoms with E-state index in [1.54, 1.807) is 12.1 Å². The summed E-state index contributed by atoms with van der Waals surface area (Å²) in [6.07, 6.45) is 2.07. The summed E-state index contributed by atoms with van der Waals surface area (Å²) in [4.78, 5) is 48.7. The van der Waals surface area contributed by atoms with Gasteiger partial charge >= 0.3 is 6.03 Å². The molecule has 0 saturated carbocycles. The van der Waals surface area contributed by atoms with Crippen LogP contribution in [0.3, 0.4) is 0 Å². The number of rotatable bonds is 3. The number of nitrogens with zero attached hydrogens (tertiary/aromatic N) is 2. The van der Waals surface area contributed by atoms with Crippen LogP contribution in [0.2, 0.25) is 0 Å². The summed E-state index contributed by atoms with van der Waals surface area (Å²) in [5.74, 6) is -0.944. The van der Waals surface area contributed by atoms with Crippen LogP contribution in [-0.2, 0) is 16.0 Å². The quantitative estimate of drug-likeness (QED) is 0.362. The molecule has 30 heavy (non-hydrogen) atoms. The Labute approximate surface area is 171 Å². The van der Waals surface area contributed by atoms with E-state index in [-0.39, 0.29) is 22.5 Å². The van der Waals surface area contributed by atoms with Gasteiger partial charge in [0.05, 0.1) is 10.6 Å². The summed E-state index contributed by atoms with van der Waals surface area (Å²) in [7, 11) is 0. The number of nitro groups is 1. The number of ether oxygens (including phenoxy) is 1. The molecule has 0 bridgehead atoms. The zero-order chi connectivity index (χ0) is 21.6. The predicted molar refractivity (Wildman–Crippen MR) is 107 cm³/mol. The summed E-state index contributed by atoms with van der Waals surface area (Å²) in [6, 6.07) is 9.42. The number of benzene rings is 2. The Hall–Kier alpha value is -4.01. The minimum Gasteiger partial charge on any atom is -0.487 e. The number of hydrogen-bond acceptors (Lipinski definition) is 6. The van der Waals surface area contributed by atoms with Gasteiger partial charge in [-0.2, -0.15) is 0 Å². The largest absolute Gasteiger partial charge is 0.487 e. The molecule has 0 atom stereocenters. The van der Waals surface area contributed by atoms with E-state index in [2.05, 4.69) is 5.32 Å². The van der Waals surface area contributed by atoms with E-state index in [0.717, 1.165) is 17.4 Å². The van der Waals surface area contributed by atoms with Gasteiger partial charge in [-0.05, 0) is 49.2 Å². The SMILES string of the molecule is CC1(C)Cc2cc(/C=C3/C(=O)NC(=O)N(c4cccc([N+](=O)[O-])c4)C3=O)ccc2O1. The Morgan fingerprint density at radius 2 is 1.93 bits per heavy atom. The van der Waals surface area contributed by atoms with Crippen LogP contribution >= 0.6 is 0 Å². The first-order chi connectivity index (χ1) is 14.1. The van der Waals surface area contributed by atoms with Crippen LogP contribution in [0.15, 0.2) is 48.0 Å². The number of fused-ring (bicyclic) bond motifs is 1. The number of amides is 4. The van der Waals surface area contributed by atoms with Crippen LogP contribution in [0.1, 0.15) is 25.0 Å². The maximum Gasteiger partial charge on any atom is 0.335 e. The molecular weight excluding hydrogens is 390 g/mol. The fraction of sp³-hybridized carbons (Fsp3) is 0.190. The van der Waals surface area contributed by atoms with E-state index in [0.29, 0.717) is 16.9 Å². The van der Waals surface area contributed by atoms with Crippen molar-refractivity contribution in [3.8, 4) is 5.75 Å². The number of urea groups is 1. The van der Waals surface area contributed by atoms with Crippen molar-refractivity contribution in [3.05, 3.63) is 69.3 Å². The normalized spacial score (nSPS) is 18.8. The number of imide groups is 2. The Morgan fingerprint density at radius 3 is 2.67 bits per heavy atom. The number of carbonyl (C=O) groups is 3. The Balaban J connectivity index is 1.70. The first-order valence-corrected chi connectivity index (χ1v) is 9.12. The van der Waals surface area contributed by atoms with Crippen LogP contribution in [0, 0.1) is 10.1 Å². The first-order valence-electron chi connectivity index (χ1n) is 9.12. The second-order valence-electron chi connectivity index (χ2n) is 7.64. The van der Waals surface area contributed by atoms with Gasteiger partial charge in [0.25, 0.3) is 17.5 Å². The Kier molecular flexibility index (Phi) is 4.38. The molecule has 0 unspecified atom stereocenters. The number of nitrogens with one attached hydrogen (secondary N) is 1. The third kappa shape index (κ3) is 3.41. The minimum atomic E-state index is -0.966. The van der Waals surface area contributed by atoms with Gasteiger partial charge in [0.2, 0.25) is 0 Å². The van der Waals surface area contributed by atoms with Gasteiger partial charge in [-0.25, -0.2) is 9.69 Å². The molecule has 0 spiro atoms. The molecule has 4 amide bonds. The average Bonchev–Trinajstić information content (AvgIpc) is 2.98. The Bertz CT molecular complexity index is 1150. The smallest absolute Gasteiger partial charge is 0.335 e. The molecule has 1 saturated heterocycles. The van der Waals surface area contributed by atoms with Crippen molar-refractivity contribution in [1.29, 1.82) is 0 Å². The van der Waals surface area contributed by atoms with Crippen molar-refractivity contribution < 1.29 is 24.0 Å². The third-order valence-electron chi connectivity index (χ3n) is 4.80. The van der Waals surface area contributed by atoms with Crippen LogP contribution in [-0.4, -0.2) is 28.4 Å². The lowest BCUT2D eigenvalue weighted by atomic mass is 9.99. The molecule has 1 N–H and O–H groups in total. The van der Waals surface area contributed by atoms with Crippen molar-refractivity contribution in [1.82, 2.24) is 5.32 Å². The lowest BCUT2D eigenvalue weighted by Gasteiger charge is -2.26. The minimum absolute atomic E-state index is 0.00537. The summed E-state index contributed by atoms with van der Waals surface area (Å²) in [5.41, 5.74) is 0.675. The number of carbonyl (C=O) groups excluding carboxylic acids is 3. The molecule has 1 fully saturated rings. The maximum atomic E-state index is 13.0. The van der Waals surface area contributed by atoms with Gasteiger partial charge in [-0.15, -0.1) is 0 Å². The van der Waals surface area contributed by atoms with E-state index in [1.165, 1.54) is 24.3 Å². The summed E-state index contributed by atoms with van der Waals surface area (Å²) in [6.45, 7) is 3.93. The van der Waals surface area contributed by atoms with E-state index in [4.69, 9.17) is 4.74 Å². The van der Waals surface area contributed by atoms with Gasteiger partial charge in [0, 0.05) is 18.6 Å². The predicted octanol–water partition coefficient (Wildman–Crippen LogP) is 2.97. The van der Waals surface area contributed by atoms with Gasteiger partial charge in [0.15, 0.2) is 0 Å². The van der Waals surface area contributed by atoms with Crippen molar-refractivity contribution in [2.24, 2.45) is 0 Å². The number of anilines is 1. The summed E-state index contributed by atoms with van der Waals surface area (Å²) >= 11 is 0. The van der Waals surface area contributed by atoms with Crippen LogP contribution in [0.5, 0.6) is 5.75 Å². The van der Waals surface area contributed by atoms with Gasteiger partial charge < -0.3 is 4.74 Å². The van der Waals surface area contributed by atoms with Crippen LogP contribution in [0.4, 0.5) is 16.2 Å². The molecule has 0 radical (unpaired) electrons. The zero-order valence-corrected chi connectivity index (χ0v) is 16.2. The molecule has 9 heteroatoms. The highest BCUT2D eigenvalue weighted by Gasteiger charge is 2.37. The van der Waals surface area contributed by atoms with Crippen LogP contribution in [0.25, 0.3) is 6.08 Å². The first kappa shape index (κ1) is 19.3. The molecule has 152 valence electrons. The number of hydrogen-bond donors (Lipinski definition) is 1. The maximum absolute atomic E-state index is 13.0. The molecule has 2 aliphatic heterocycles. The standard InChI is InChI=1S/C21H17N3O6/c1-21(2)11-13-8-12(6-7-17(13)30-21)9-16-18(25)22-20(27)23(19(16)26)14-4-3-5-15(10-14)24(28)29/h3-10H,11H2,1-2H3,(H,22,25,27)/b16-9-. The van der Waals surface area contributed by atoms with Crippen molar-refractivity contribution in [2.75, 3.05) is 4.90 Å². The van der Waals surface area contributed by atoms with E-state index >= 15 is 0 Å². The zero-order valence-electron chi connectivity index (χ0n) is 16.2. The number of non-ortho nitro benzene ring substituents is 1. The highest BCUT2D eigenvalue weighted by atomic mass is 16.6. The molecule has 2 aromatic rings. The second kappa shape index (κ2) is 6.80. The highest BCUT2D eigenvalue weighted by Crippen LogP contribution is 2.35. The summed E-state index contributed by atoms with van der Waals surface area (Å²) in [5, 5.41) is 13.1. The highest BCUT2D eigenvalue weighted by molar-refractivity contribution is 6.39. The fourth-order valence-corrected chi connectivity index (χ4v) is 3.52. The fourth-order valence-electron chi connectivity index (χ4n) is 3.52.